The fourth-order valence-corrected chi connectivity index (χ4v) is 1.93. The Bertz CT molecular complexity index is 334. The highest BCUT2D eigenvalue weighted by Gasteiger charge is 2.07. The predicted octanol–water partition coefficient (Wildman–Crippen LogP) is 3.05. The number of methoxy groups -OCH3 is 1. The van der Waals surface area contributed by atoms with Crippen LogP contribution in [0.25, 0.3) is 0 Å². The summed E-state index contributed by atoms with van der Waals surface area (Å²) >= 11 is 0. The minimum atomic E-state index is -0.741. The molecule has 1 aromatic rings. The van der Waals surface area contributed by atoms with Gasteiger partial charge in [0.15, 0.2) is 0 Å². The Balaban J connectivity index is 2.98. The van der Waals surface area contributed by atoms with E-state index in [9.17, 15) is 0 Å². The van der Waals surface area contributed by atoms with Crippen molar-refractivity contribution in [1.82, 2.24) is 0 Å². The molecule has 0 aliphatic rings. The van der Waals surface area contributed by atoms with Crippen LogP contribution in [0.3, 0.4) is 0 Å². The highest BCUT2D eigenvalue weighted by molar-refractivity contribution is 6.49. The number of benzene rings is 1. The number of hydrogen-bond donors (Lipinski definition) is 0. The van der Waals surface area contributed by atoms with Gasteiger partial charge in [0.25, 0.3) is 9.04 Å². The second-order valence-corrected chi connectivity index (χ2v) is 5.50. The molecule has 0 N–H and O–H groups in total. The number of hydrogen-bond acceptors (Lipinski definition) is 2. The quantitative estimate of drug-likeness (QED) is 0.562. The molecular weight excluding hydrogens is 204 g/mol. The Morgan fingerprint density at radius 2 is 2.13 bits per heavy atom. The molecule has 1 radical (unpaired) electrons. The van der Waals surface area contributed by atoms with Crippen LogP contribution in [-0.4, -0.2) is 16.2 Å². The highest BCUT2D eigenvalue weighted by atomic mass is 28.3. The molecule has 0 aliphatic carbocycles. The SMILES string of the molecule is C=CCc1ccc(OC)cc1O[Si](C)C. The van der Waals surface area contributed by atoms with Crippen molar-refractivity contribution in [3.05, 3.63) is 36.4 Å². The maximum Gasteiger partial charge on any atom is 0.274 e. The van der Waals surface area contributed by atoms with Gasteiger partial charge < -0.3 is 9.16 Å². The highest BCUT2D eigenvalue weighted by Crippen LogP contribution is 2.25. The van der Waals surface area contributed by atoms with Gasteiger partial charge in [0.2, 0.25) is 0 Å². The summed E-state index contributed by atoms with van der Waals surface area (Å²) in [6.07, 6.45) is 2.71. The molecule has 0 fully saturated rings. The van der Waals surface area contributed by atoms with Gasteiger partial charge in [-0.25, -0.2) is 0 Å². The minimum absolute atomic E-state index is 0.741. The van der Waals surface area contributed by atoms with Gasteiger partial charge in [-0.1, -0.05) is 12.1 Å². The first kappa shape index (κ1) is 11.8. The summed E-state index contributed by atoms with van der Waals surface area (Å²) in [5.74, 6) is 1.76. The first-order valence-corrected chi connectivity index (χ1v) is 7.34. The van der Waals surface area contributed by atoms with E-state index in [-0.39, 0.29) is 0 Å². The molecule has 0 bridgehead atoms. The second-order valence-electron chi connectivity index (χ2n) is 3.48. The van der Waals surface area contributed by atoms with Crippen molar-refractivity contribution in [2.45, 2.75) is 19.5 Å². The summed E-state index contributed by atoms with van der Waals surface area (Å²) in [4.78, 5) is 0. The van der Waals surface area contributed by atoms with Crippen LogP contribution in [0, 0.1) is 0 Å². The van der Waals surface area contributed by atoms with Crippen LogP contribution in [0.2, 0.25) is 13.1 Å². The van der Waals surface area contributed by atoms with E-state index < -0.39 is 9.04 Å². The topological polar surface area (TPSA) is 18.5 Å². The summed E-state index contributed by atoms with van der Waals surface area (Å²) in [7, 11) is 0.921. The van der Waals surface area contributed by atoms with Gasteiger partial charge in [-0.05, 0) is 31.1 Å². The first-order chi connectivity index (χ1) is 7.17. The lowest BCUT2D eigenvalue weighted by atomic mass is 10.1. The number of ether oxygens (including phenoxy) is 1. The van der Waals surface area contributed by atoms with E-state index in [1.165, 1.54) is 0 Å². The first-order valence-electron chi connectivity index (χ1n) is 4.93. The van der Waals surface area contributed by atoms with Crippen molar-refractivity contribution in [3.8, 4) is 11.5 Å². The van der Waals surface area contributed by atoms with Crippen molar-refractivity contribution in [3.63, 3.8) is 0 Å². The van der Waals surface area contributed by atoms with Crippen LogP contribution in [0.4, 0.5) is 0 Å². The average Bonchev–Trinajstić information content (AvgIpc) is 2.20. The van der Waals surface area contributed by atoms with Gasteiger partial charge in [0.05, 0.1) is 7.11 Å². The van der Waals surface area contributed by atoms with E-state index in [0.29, 0.717) is 0 Å². The van der Waals surface area contributed by atoms with Gasteiger partial charge >= 0.3 is 0 Å². The summed E-state index contributed by atoms with van der Waals surface area (Å²) in [6, 6.07) is 5.92. The van der Waals surface area contributed by atoms with E-state index in [0.717, 1.165) is 23.5 Å². The van der Waals surface area contributed by atoms with Crippen molar-refractivity contribution in [2.75, 3.05) is 7.11 Å². The second kappa shape index (κ2) is 5.61. The lowest BCUT2D eigenvalue weighted by Gasteiger charge is -2.13. The van der Waals surface area contributed by atoms with E-state index >= 15 is 0 Å². The summed E-state index contributed by atoms with van der Waals surface area (Å²) < 4.78 is 11.0. The molecule has 15 heavy (non-hydrogen) atoms. The van der Waals surface area contributed by atoms with Gasteiger partial charge in [0, 0.05) is 6.07 Å². The third kappa shape index (κ3) is 3.44. The van der Waals surface area contributed by atoms with Crippen LogP contribution in [-0.2, 0) is 6.42 Å². The zero-order valence-corrected chi connectivity index (χ0v) is 10.5. The molecule has 1 rings (SSSR count). The smallest absolute Gasteiger partial charge is 0.274 e. The third-order valence-electron chi connectivity index (χ3n) is 1.95. The molecule has 0 saturated carbocycles. The Morgan fingerprint density at radius 3 is 2.67 bits per heavy atom. The lowest BCUT2D eigenvalue weighted by Crippen LogP contribution is -2.12. The largest absolute Gasteiger partial charge is 0.542 e. The third-order valence-corrected chi connectivity index (χ3v) is 2.58. The normalized spacial score (nSPS) is 10.1. The molecule has 0 heterocycles. The molecule has 0 saturated heterocycles. The Hall–Kier alpha value is -1.22. The van der Waals surface area contributed by atoms with E-state index in [1.54, 1.807) is 7.11 Å². The molecule has 0 spiro atoms. The van der Waals surface area contributed by atoms with Crippen LogP contribution < -0.4 is 9.16 Å². The van der Waals surface area contributed by atoms with Crippen LogP contribution >= 0.6 is 0 Å². The summed E-state index contributed by atoms with van der Waals surface area (Å²) in [6.45, 7) is 7.97. The molecule has 3 heteroatoms. The van der Waals surface area contributed by atoms with E-state index in [1.807, 2.05) is 24.3 Å². The molecule has 2 nitrogen and oxygen atoms in total. The molecule has 0 amide bonds. The summed E-state index contributed by atoms with van der Waals surface area (Å²) in [5, 5.41) is 0. The van der Waals surface area contributed by atoms with Gasteiger partial charge in [-0.2, -0.15) is 0 Å². The van der Waals surface area contributed by atoms with Crippen LogP contribution in [0.15, 0.2) is 30.9 Å². The zero-order valence-electron chi connectivity index (χ0n) is 9.54. The maximum atomic E-state index is 5.81. The zero-order chi connectivity index (χ0) is 11.3. The average molecular weight is 221 g/mol. The molecule has 0 unspecified atom stereocenters. The number of rotatable bonds is 5. The molecule has 81 valence electrons. The van der Waals surface area contributed by atoms with E-state index in [2.05, 4.69) is 19.7 Å². The van der Waals surface area contributed by atoms with Crippen molar-refractivity contribution >= 4 is 9.04 Å². The predicted molar refractivity (Wildman–Crippen MR) is 65.0 cm³/mol. The molecule has 0 atom stereocenters. The summed E-state index contributed by atoms with van der Waals surface area (Å²) in [5.41, 5.74) is 1.16. The van der Waals surface area contributed by atoms with Gasteiger partial charge in [-0.15, -0.1) is 6.58 Å². The Labute approximate surface area is 93.3 Å². The van der Waals surface area contributed by atoms with E-state index in [4.69, 9.17) is 9.16 Å². The van der Waals surface area contributed by atoms with Crippen molar-refractivity contribution in [2.24, 2.45) is 0 Å². The van der Waals surface area contributed by atoms with Gasteiger partial charge in [-0.3, -0.25) is 0 Å². The Morgan fingerprint density at radius 1 is 1.40 bits per heavy atom. The Kier molecular flexibility index (Phi) is 4.43. The molecule has 1 aromatic carbocycles. The van der Waals surface area contributed by atoms with Crippen molar-refractivity contribution in [1.29, 1.82) is 0 Å². The fraction of sp³-hybridized carbons (Fsp3) is 0.333. The number of allylic oxidation sites excluding steroid dienone is 1. The minimum Gasteiger partial charge on any atom is -0.542 e. The molecule has 0 aromatic heterocycles. The van der Waals surface area contributed by atoms with Crippen LogP contribution in [0.1, 0.15) is 5.56 Å². The van der Waals surface area contributed by atoms with Gasteiger partial charge in [0.1, 0.15) is 11.5 Å². The monoisotopic (exact) mass is 221 g/mol. The molecular formula is C12H17O2Si. The standard InChI is InChI=1S/C12H17O2Si/c1-5-6-10-7-8-11(13-2)9-12(10)14-15(3)4/h5,7-9H,1,6H2,2-4H3. The van der Waals surface area contributed by atoms with Crippen LogP contribution in [0.5, 0.6) is 11.5 Å². The maximum absolute atomic E-state index is 5.81. The van der Waals surface area contributed by atoms with Crippen molar-refractivity contribution < 1.29 is 9.16 Å². The fourth-order valence-electron chi connectivity index (χ4n) is 1.30. The molecule has 0 aliphatic heterocycles. The lowest BCUT2D eigenvalue weighted by molar-refractivity contribution is 0.412.